The van der Waals surface area contributed by atoms with E-state index in [-0.39, 0.29) is 0 Å². The Kier molecular flexibility index (Phi) is 1.47. The van der Waals surface area contributed by atoms with Crippen molar-refractivity contribution < 1.29 is 0 Å². The largest absolute Gasteiger partial charge is 0.273 e. The van der Waals surface area contributed by atoms with Crippen molar-refractivity contribution in [2.45, 2.75) is 0 Å². The van der Waals surface area contributed by atoms with Gasteiger partial charge in [0.05, 0.1) is 6.20 Å². The third-order valence-electron chi connectivity index (χ3n) is 1.34. The second-order valence-electron chi connectivity index (χ2n) is 2.00. The average molecular weight is 188 g/mol. The number of aromatic nitrogens is 3. The predicted octanol–water partition coefficient (Wildman–Crippen LogP) is 2.04. The molecule has 0 unspecified atom stereocenters. The highest BCUT2D eigenvalue weighted by atomic mass is 35.5. The summed E-state index contributed by atoms with van der Waals surface area (Å²) >= 11 is 11.5. The van der Waals surface area contributed by atoms with E-state index in [4.69, 9.17) is 23.2 Å². The van der Waals surface area contributed by atoms with Crippen molar-refractivity contribution in [3.63, 3.8) is 0 Å². The van der Waals surface area contributed by atoms with Gasteiger partial charge in [-0.2, -0.15) is 0 Å². The number of fused-ring (bicyclic) bond motifs is 1. The van der Waals surface area contributed by atoms with Gasteiger partial charge in [0.15, 0.2) is 5.65 Å². The van der Waals surface area contributed by atoms with Crippen LogP contribution in [0.25, 0.3) is 5.65 Å². The van der Waals surface area contributed by atoms with E-state index in [1.165, 1.54) is 6.20 Å². The Morgan fingerprint density at radius 2 is 2.09 bits per heavy atom. The quantitative estimate of drug-likeness (QED) is 0.592. The van der Waals surface area contributed by atoms with Crippen molar-refractivity contribution in [1.82, 2.24) is 14.4 Å². The fourth-order valence-corrected chi connectivity index (χ4v) is 1.23. The summed E-state index contributed by atoms with van der Waals surface area (Å²) in [6.45, 7) is 0. The summed E-state index contributed by atoms with van der Waals surface area (Å²) in [5.74, 6) is 0. The molecule has 0 amide bonds. The molecule has 0 N–H and O–H groups in total. The summed E-state index contributed by atoms with van der Waals surface area (Å²) in [5.41, 5.74) is 0.631. The summed E-state index contributed by atoms with van der Waals surface area (Å²) in [4.78, 5) is 7.82. The Balaban J connectivity index is 2.96. The Morgan fingerprint density at radius 1 is 1.27 bits per heavy atom. The second-order valence-corrected chi connectivity index (χ2v) is 2.74. The minimum atomic E-state index is 0.363. The Bertz CT molecular complexity index is 360. The number of nitrogens with zero attached hydrogens (tertiary/aromatic N) is 3. The summed E-state index contributed by atoms with van der Waals surface area (Å²) in [6.07, 6.45) is 4.80. The lowest BCUT2D eigenvalue weighted by Gasteiger charge is -1.96. The number of hydrogen-bond donors (Lipinski definition) is 0. The zero-order valence-corrected chi connectivity index (χ0v) is 6.84. The van der Waals surface area contributed by atoms with Gasteiger partial charge >= 0.3 is 0 Å². The van der Waals surface area contributed by atoms with Gasteiger partial charge in [-0.25, -0.2) is 9.97 Å². The van der Waals surface area contributed by atoms with Crippen LogP contribution in [-0.2, 0) is 0 Å². The fraction of sp³-hybridized carbons (Fsp3) is 0. The topological polar surface area (TPSA) is 30.2 Å². The van der Waals surface area contributed by atoms with Gasteiger partial charge in [-0.05, 0) is 11.6 Å². The molecule has 2 rings (SSSR count). The van der Waals surface area contributed by atoms with Crippen molar-refractivity contribution >= 4 is 28.8 Å². The molecule has 2 heterocycles. The SMILES string of the molecule is Clc1cnc(Cl)n2ccnc12. The molecule has 0 aliphatic heterocycles. The molecular formula is C6H3Cl2N3. The number of halogens is 2. The minimum Gasteiger partial charge on any atom is -0.273 e. The Hall–Kier alpha value is -0.800. The van der Waals surface area contributed by atoms with Gasteiger partial charge in [0, 0.05) is 12.4 Å². The van der Waals surface area contributed by atoms with Crippen LogP contribution in [0.5, 0.6) is 0 Å². The van der Waals surface area contributed by atoms with Gasteiger partial charge in [-0.15, -0.1) is 0 Å². The molecule has 0 aliphatic rings. The first kappa shape index (κ1) is 6.88. The molecule has 0 radical (unpaired) electrons. The molecule has 0 spiro atoms. The third kappa shape index (κ3) is 0.968. The van der Waals surface area contributed by atoms with E-state index in [9.17, 15) is 0 Å². The molecule has 0 aromatic carbocycles. The van der Waals surface area contributed by atoms with Crippen LogP contribution in [0.2, 0.25) is 10.3 Å². The highest BCUT2D eigenvalue weighted by molar-refractivity contribution is 6.34. The lowest BCUT2D eigenvalue weighted by molar-refractivity contribution is 1.09. The lowest BCUT2D eigenvalue weighted by Crippen LogP contribution is -1.89. The van der Waals surface area contributed by atoms with Gasteiger partial charge < -0.3 is 0 Å². The van der Waals surface area contributed by atoms with Crippen LogP contribution in [0.3, 0.4) is 0 Å². The van der Waals surface area contributed by atoms with Crippen LogP contribution in [0.1, 0.15) is 0 Å². The molecule has 5 heteroatoms. The maximum atomic E-state index is 5.77. The van der Waals surface area contributed by atoms with Gasteiger partial charge in [0.2, 0.25) is 5.28 Å². The van der Waals surface area contributed by atoms with E-state index in [0.29, 0.717) is 16.0 Å². The van der Waals surface area contributed by atoms with E-state index in [2.05, 4.69) is 9.97 Å². The van der Waals surface area contributed by atoms with Crippen LogP contribution in [0.15, 0.2) is 18.6 Å². The monoisotopic (exact) mass is 187 g/mol. The molecule has 0 fully saturated rings. The lowest BCUT2D eigenvalue weighted by atomic mass is 10.6. The molecule has 3 nitrogen and oxygen atoms in total. The molecular weight excluding hydrogens is 185 g/mol. The highest BCUT2D eigenvalue weighted by Crippen LogP contribution is 2.16. The maximum absolute atomic E-state index is 5.77. The van der Waals surface area contributed by atoms with Crippen molar-refractivity contribution in [3.8, 4) is 0 Å². The molecule has 11 heavy (non-hydrogen) atoms. The smallest absolute Gasteiger partial charge is 0.208 e. The average Bonchev–Trinajstić information content (AvgIpc) is 2.45. The van der Waals surface area contributed by atoms with Crippen LogP contribution in [-0.4, -0.2) is 14.4 Å². The molecule has 0 atom stereocenters. The van der Waals surface area contributed by atoms with E-state index in [0.717, 1.165) is 0 Å². The molecule has 0 bridgehead atoms. The van der Waals surface area contributed by atoms with Gasteiger partial charge in [-0.3, -0.25) is 4.40 Å². The van der Waals surface area contributed by atoms with E-state index >= 15 is 0 Å². The minimum absolute atomic E-state index is 0.363. The number of rotatable bonds is 0. The first-order chi connectivity index (χ1) is 5.29. The summed E-state index contributed by atoms with van der Waals surface area (Å²) in [5, 5.41) is 0.862. The Morgan fingerprint density at radius 3 is 2.82 bits per heavy atom. The molecule has 0 saturated carbocycles. The van der Waals surface area contributed by atoms with E-state index < -0.39 is 0 Å². The molecule has 56 valence electrons. The highest BCUT2D eigenvalue weighted by Gasteiger charge is 2.02. The molecule has 0 saturated heterocycles. The van der Waals surface area contributed by atoms with Gasteiger partial charge in [0.1, 0.15) is 5.02 Å². The van der Waals surface area contributed by atoms with Crippen molar-refractivity contribution in [1.29, 1.82) is 0 Å². The first-order valence-corrected chi connectivity index (χ1v) is 3.67. The molecule has 2 aromatic rings. The van der Waals surface area contributed by atoms with Crippen molar-refractivity contribution in [2.24, 2.45) is 0 Å². The van der Waals surface area contributed by atoms with Crippen molar-refractivity contribution in [2.75, 3.05) is 0 Å². The van der Waals surface area contributed by atoms with Gasteiger partial charge in [-0.1, -0.05) is 11.6 Å². The van der Waals surface area contributed by atoms with Gasteiger partial charge in [0.25, 0.3) is 0 Å². The fourth-order valence-electron chi connectivity index (χ4n) is 0.859. The summed E-state index contributed by atoms with van der Waals surface area (Å²) in [7, 11) is 0. The number of imidazole rings is 1. The zero-order valence-electron chi connectivity index (χ0n) is 5.33. The summed E-state index contributed by atoms with van der Waals surface area (Å²) in [6, 6.07) is 0. The van der Waals surface area contributed by atoms with Crippen LogP contribution in [0, 0.1) is 0 Å². The molecule has 0 aliphatic carbocycles. The third-order valence-corrected chi connectivity index (χ3v) is 1.88. The second kappa shape index (κ2) is 2.36. The zero-order chi connectivity index (χ0) is 7.84. The Labute approximate surface area is 72.6 Å². The predicted molar refractivity (Wildman–Crippen MR) is 43.0 cm³/mol. The first-order valence-electron chi connectivity index (χ1n) is 2.92. The number of hydrogen-bond acceptors (Lipinski definition) is 2. The van der Waals surface area contributed by atoms with Crippen LogP contribution >= 0.6 is 23.2 Å². The standard InChI is InChI=1S/C6H3Cl2N3/c7-4-3-10-6(8)11-2-1-9-5(4)11/h1-3H. The van der Waals surface area contributed by atoms with E-state index in [1.54, 1.807) is 16.8 Å². The maximum Gasteiger partial charge on any atom is 0.208 e. The van der Waals surface area contributed by atoms with Crippen LogP contribution in [0.4, 0.5) is 0 Å². The van der Waals surface area contributed by atoms with E-state index in [1.807, 2.05) is 0 Å². The van der Waals surface area contributed by atoms with Crippen LogP contribution < -0.4 is 0 Å². The normalized spacial score (nSPS) is 10.7. The molecule has 2 aromatic heterocycles. The summed E-state index contributed by atoms with van der Waals surface area (Å²) < 4.78 is 1.61. The van der Waals surface area contributed by atoms with Crippen molar-refractivity contribution in [3.05, 3.63) is 28.9 Å².